The van der Waals surface area contributed by atoms with Gasteiger partial charge in [0.1, 0.15) is 16.4 Å². The van der Waals surface area contributed by atoms with Crippen LogP contribution in [0.1, 0.15) is 19.8 Å². The first kappa shape index (κ1) is 21.9. The Morgan fingerprint density at radius 1 is 1.10 bits per heavy atom. The van der Waals surface area contributed by atoms with Gasteiger partial charge < -0.3 is 19.3 Å². The van der Waals surface area contributed by atoms with Gasteiger partial charge in [0.2, 0.25) is 15.9 Å². The second-order valence-corrected chi connectivity index (χ2v) is 9.53. The molecule has 9 heteroatoms. The fourth-order valence-corrected chi connectivity index (χ4v) is 5.76. The number of piperazine rings is 1. The summed E-state index contributed by atoms with van der Waals surface area (Å²) in [7, 11) is -0.775. The van der Waals surface area contributed by atoms with Gasteiger partial charge in [0.25, 0.3) is 0 Å². The van der Waals surface area contributed by atoms with Crippen molar-refractivity contribution in [1.29, 1.82) is 0 Å². The molecule has 2 saturated heterocycles. The maximum atomic E-state index is 13.2. The van der Waals surface area contributed by atoms with Crippen molar-refractivity contribution in [2.45, 2.75) is 24.7 Å². The van der Waals surface area contributed by atoms with Gasteiger partial charge in [-0.05, 0) is 31.9 Å². The van der Waals surface area contributed by atoms with Gasteiger partial charge in [0.05, 0.1) is 46.9 Å². The Morgan fingerprint density at radius 2 is 1.76 bits per heavy atom. The lowest BCUT2D eigenvalue weighted by Crippen LogP contribution is -3.14. The van der Waals surface area contributed by atoms with Crippen molar-refractivity contribution in [1.82, 2.24) is 9.21 Å². The van der Waals surface area contributed by atoms with Crippen LogP contribution in [0.25, 0.3) is 0 Å². The molecule has 0 saturated carbocycles. The SMILES string of the molecule is CC[NH+]1CCN(C(=O)C2CCN(S(=O)(=O)c3cc(OC)ccc3OC)CC2)CC1. The van der Waals surface area contributed by atoms with Crippen molar-refractivity contribution in [2.24, 2.45) is 5.92 Å². The summed E-state index contributed by atoms with van der Waals surface area (Å²) in [6.45, 7) is 7.49. The van der Waals surface area contributed by atoms with Crippen LogP contribution in [0.2, 0.25) is 0 Å². The molecule has 0 atom stereocenters. The smallest absolute Gasteiger partial charge is 0.246 e. The third-order valence-electron chi connectivity index (χ3n) is 6.07. The number of quaternary nitrogens is 1. The first-order chi connectivity index (χ1) is 13.9. The fourth-order valence-electron chi connectivity index (χ4n) is 4.12. The second kappa shape index (κ2) is 9.32. The third kappa shape index (κ3) is 4.67. The molecule has 1 aromatic carbocycles. The molecule has 0 aromatic heterocycles. The summed E-state index contributed by atoms with van der Waals surface area (Å²) in [5.74, 6) is 0.830. The summed E-state index contributed by atoms with van der Waals surface area (Å²) < 4.78 is 38.2. The van der Waals surface area contributed by atoms with Gasteiger partial charge >= 0.3 is 0 Å². The maximum Gasteiger partial charge on any atom is 0.246 e. The number of ether oxygens (including phenoxy) is 2. The van der Waals surface area contributed by atoms with Gasteiger partial charge in [-0.25, -0.2) is 8.42 Å². The summed E-state index contributed by atoms with van der Waals surface area (Å²) in [4.78, 5) is 16.5. The summed E-state index contributed by atoms with van der Waals surface area (Å²) in [5.41, 5.74) is 0. The minimum atomic E-state index is -3.72. The Morgan fingerprint density at radius 3 is 2.31 bits per heavy atom. The van der Waals surface area contributed by atoms with E-state index in [0.717, 1.165) is 32.7 Å². The van der Waals surface area contributed by atoms with Crippen LogP contribution < -0.4 is 14.4 Å². The standard InChI is InChI=1S/C20H31N3O5S/c1-4-21-11-13-22(14-12-21)20(24)16-7-9-23(10-8-16)29(25,26)19-15-17(27-2)5-6-18(19)28-3/h5-6,15-16H,4,7-14H2,1-3H3/p+1. The predicted octanol–water partition coefficient (Wildman–Crippen LogP) is -0.148. The molecule has 3 rings (SSSR count). The number of carbonyl (C=O) groups excluding carboxylic acids is 1. The molecule has 0 bridgehead atoms. The zero-order chi connectivity index (χ0) is 21.0. The van der Waals surface area contributed by atoms with Crippen molar-refractivity contribution in [3.8, 4) is 11.5 Å². The number of amides is 1. The van der Waals surface area contributed by atoms with Gasteiger partial charge in [-0.1, -0.05) is 0 Å². The second-order valence-electron chi connectivity index (χ2n) is 7.62. The van der Waals surface area contributed by atoms with E-state index in [9.17, 15) is 13.2 Å². The minimum absolute atomic E-state index is 0.0998. The highest BCUT2D eigenvalue weighted by molar-refractivity contribution is 7.89. The van der Waals surface area contributed by atoms with Crippen LogP contribution in [0.3, 0.4) is 0 Å². The molecule has 2 aliphatic heterocycles. The van der Waals surface area contributed by atoms with E-state index >= 15 is 0 Å². The average molecular weight is 427 g/mol. The number of nitrogens with one attached hydrogen (secondary N) is 1. The van der Waals surface area contributed by atoms with Crippen molar-refractivity contribution >= 4 is 15.9 Å². The number of benzene rings is 1. The quantitative estimate of drug-likeness (QED) is 0.685. The molecule has 1 N–H and O–H groups in total. The Labute approximate surface area is 173 Å². The molecule has 0 unspecified atom stereocenters. The molecule has 2 aliphatic rings. The first-order valence-corrected chi connectivity index (χ1v) is 11.7. The topological polar surface area (TPSA) is 80.6 Å². The number of hydrogen-bond acceptors (Lipinski definition) is 5. The Balaban J connectivity index is 1.65. The predicted molar refractivity (Wildman–Crippen MR) is 109 cm³/mol. The largest absolute Gasteiger partial charge is 0.497 e. The lowest BCUT2D eigenvalue weighted by Gasteiger charge is -2.36. The lowest BCUT2D eigenvalue weighted by molar-refractivity contribution is -0.902. The Hall–Kier alpha value is -1.84. The third-order valence-corrected chi connectivity index (χ3v) is 7.99. The first-order valence-electron chi connectivity index (χ1n) is 10.2. The van der Waals surface area contributed by atoms with Gasteiger partial charge in [-0.2, -0.15) is 4.31 Å². The van der Waals surface area contributed by atoms with Gasteiger partial charge in [-0.3, -0.25) is 4.79 Å². The number of hydrogen-bond donors (Lipinski definition) is 1. The number of carbonyl (C=O) groups is 1. The number of nitrogens with zero attached hydrogens (tertiary/aromatic N) is 2. The van der Waals surface area contributed by atoms with E-state index in [2.05, 4.69) is 6.92 Å². The van der Waals surface area contributed by atoms with Crippen molar-refractivity contribution in [3.63, 3.8) is 0 Å². The molecule has 2 fully saturated rings. The normalized spacial score (nSPS) is 19.9. The van der Waals surface area contributed by atoms with Crippen molar-refractivity contribution < 1.29 is 27.6 Å². The monoisotopic (exact) mass is 426 g/mol. The Kier molecular flexibility index (Phi) is 7.02. The van der Waals surface area contributed by atoms with E-state index in [0.29, 0.717) is 37.4 Å². The van der Waals surface area contributed by atoms with Gasteiger partial charge in [0.15, 0.2) is 0 Å². The summed E-state index contributed by atoms with van der Waals surface area (Å²) >= 11 is 0. The number of likely N-dealkylation sites (N-methyl/N-ethyl adjacent to an activating group) is 1. The van der Waals surface area contributed by atoms with E-state index in [1.165, 1.54) is 29.5 Å². The number of piperidine rings is 1. The van der Waals surface area contributed by atoms with E-state index in [-0.39, 0.29) is 16.7 Å². The van der Waals surface area contributed by atoms with Gasteiger partial charge in [-0.15, -0.1) is 0 Å². The van der Waals surface area contributed by atoms with E-state index in [1.807, 2.05) is 4.90 Å². The van der Waals surface area contributed by atoms with Crippen molar-refractivity contribution in [2.75, 3.05) is 60.0 Å². The van der Waals surface area contributed by atoms with Crippen LogP contribution in [-0.4, -0.2) is 83.6 Å². The van der Waals surface area contributed by atoms with E-state index < -0.39 is 10.0 Å². The van der Waals surface area contributed by atoms with Crippen LogP contribution in [0, 0.1) is 5.92 Å². The summed E-state index contributed by atoms with van der Waals surface area (Å²) in [6, 6.07) is 4.75. The highest BCUT2D eigenvalue weighted by atomic mass is 32.2. The Bertz CT molecular complexity index is 813. The molecular weight excluding hydrogens is 394 g/mol. The molecular formula is C20H32N3O5S+. The van der Waals surface area contributed by atoms with Crippen LogP contribution >= 0.6 is 0 Å². The van der Waals surface area contributed by atoms with Crippen LogP contribution in [0.15, 0.2) is 23.1 Å². The molecule has 0 spiro atoms. The zero-order valence-electron chi connectivity index (χ0n) is 17.5. The molecule has 1 amide bonds. The molecule has 1 aromatic rings. The highest BCUT2D eigenvalue weighted by Gasteiger charge is 2.36. The van der Waals surface area contributed by atoms with E-state index in [4.69, 9.17) is 9.47 Å². The number of sulfonamides is 1. The number of rotatable bonds is 6. The fraction of sp³-hybridized carbons (Fsp3) is 0.650. The molecule has 8 nitrogen and oxygen atoms in total. The summed E-state index contributed by atoms with van der Waals surface area (Å²) in [5, 5.41) is 0. The van der Waals surface area contributed by atoms with Crippen molar-refractivity contribution in [3.05, 3.63) is 18.2 Å². The van der Waals surface area contributed by atoms with Crippen LogP contribution in [0.5, 0.6) is 11.5 Å². The highest BCUT2D eigenvalue weighted by Crippen LogP contribution is 2.32. The molecule has 0 radical (unpaired) electrons. The molecule has 0 aliphatic carbocycles. The van der Waals surface area contributed by atoms with E-state index in [1.54, 1.807) is 12.1 Å². The van der Waals surface area contributed by atoms with Gasteiger partial charge in [0, 0.05) is 25.1 Å². The molecule has 2 heterocycles. The maximum absolute atomic E-state index is 13.2. The summed E-state index contributed by atoms with van der Waals surface area (Å²) in [6.07, 6.45) is 1.09. The van der Waals surface area contributed by atoms with Crippen LogP contribution in [-0.2, 0) is 14.8 Å². The molecule has 162 valence electrons. The zero-order valence-corrected chi connectivity index (χ0v) is 18.3. The molecule has 29 heavy (non-hydrogen) atoms. The van der Waals surface area contributed by atoms with Crippen LogP contribution in [0.4, 0.5) is 0 Å². The lowest BCUT2D eigenvalue weighted by atomic mass is 9.96. The average Bonchev–Trinajstić information content (AvgIpc) is 2.78. The minimum Gasteiger partial charge on any atom is -0.497 e. The number of methoxy groups -OCH3 is 2.